The molecule has 14 rings (SSSR count). The van der Waals surface area contributed by atoms with Crippen molar-refractivity contribution in [2.24, 2.45) is 0 Å². The molecule has 11 aromatic carbocycles. The molecular weight excluding hydrogens is 905 g/mol. The van der Waals surface area contributed by atoms with Gasteiger partial charge in [-0.1, -0.05) is 231 Å². The van der Waals surface area contributed by atoms with Gasteiger partial charge in [0.25, 0.3) is 0 Å². The highest BCUT2D eigenvalue weighted by Gasteiger charge is 2.52. The van der Waals surface area contributed by atoms with Crippen LogP contribution in [0.25, 0.3) is 55.6 Å². The molecule has 2 nitrogen and oxygen atoms in total. The fourth-order valence-corrected chi connectivity index (χ4v) is 12.3. The van der Waals surface area contributed by atoms with Gasteiger partial charge in [0.1, 0.15) is 0 Å². The average molecular weight is 957 g/mol. The number of rotatable bonds is 10. The summed E-state index contributed by atoms with van der Waals surface area (Å²) in [6.45, 7) is 0. The van der Waals surface area contributed by atoms with Gasteiger partial charge < -0.3 is 9.80 Å². The standard InChI is InChI=1S/C73H52N2/c1-5-17-51(18-6-1)54-29-31-55(32-30-54)58-37-43-60(44-38-58)74(59-23-11-4-12-24-59)63-45-47-67-68-48-46-64(50-72(68)73(71(67)49-63)69-27-15-13-25-65(69)66-26-14-16-28-70(66)73)75(61-39-33-56(34-40-61)52-19-7-2-8-20-52)62-41-35-57(36-42-62)53-21-9-3-10-22-53/h1-35,37-50,57H,36H2. The molecule has 2 heteroatoms. The second-order valence-electron chi connectivity index (χ2n) is 20.0. The van der Waals surface area contributed by atoms with Crippen molar-refractivity contribution in [1.82, 2.24) is 0 Å². The molecule has 0 aliphatic heterocycles. The second-order valence-corrected chi connectivity index (χ2v) is 20.0. The van der Waals surface area contributed by atoms with Gasteiger partial charge in [-0.05, 0) is 157 Å². The number of allylic oxidation sites excluding steroid dienone is 3. The van der Waals surface area contributed by atoms with Crippen molar-refractivity contribution in [3.05, 3.63) is 331 Å². The summed E-state index contributed by atoms with van der Waals surface area (Å²) in [7, 11) is 0. The predicted octanol–water partition coefficient (Wildman–Crippen LogP) is 19.3. The number of hydrogen-bond acceptors (Lipinski definition) is 2. The first-order chi connectivity index (χ1) is 37.2. The van der Waals surface area contributed by atoms with E-state index in [0.717, 1.165) is 34.9 Å². The third-order valence-corrected chi connectivity index (χ3v) is 15.8. The van der Waals surface area contributed by atoms with Gasteiger partial charge in [-0.2, -0.15) is 0 Å². The summed E-state index contributed by atoms with van der Waals surface area (Å²) in [6, 6.07) is 103. The normalized spacial score (nSPS) is 14.3. The zero-order chi connectivity index (χ0) is 49.7. The zero-order valence-corrected chi connectivity index (χ0v) is 41.5. The van der Waals surface area contributed by atoms with Gasteiger partial charge in [0.05, 0.1) is 5.41 Å². The first kappa shape index (κ1) is 44.2. The summed E-state index contributed by atoms with van der Waals surface area (Å²) < 4.78 is 0. The summed E-state index contributed by atoms with van der Waals surface area (Å²) in [4.78, 5) is 4.89. The number of nitrogens with zero attached hydrogens (tertiary/aromatic N) is 2. The molecule has 3 aliphatic carbocycles. The van der Waals surface area contributed by atoms with Crippen molar-refractivity contribution in [2.45, 2.75) is 17.8 Å². The predicted molar refractivity (Wildman–Crippen MR) is 313 cm³/mol. The molecule has 11 aromatic rings. The van der Waals surface area contributed by atoms with Crippen molar-refractivity contribution in [2.75, 3.05) is 9.80 Å². The van der Waals surface area contributed by atoms with Crippen molar-refractivity contribution < 1.29 is 0 Å². The van der Waals surface area contributed by atoms with Crippen LogP contribution in [0.1, 0.15) is 40.2 Å². The van der Waals surface area contributed by atoms with Crippen LogP contribution in [0.15, 0.2) is 303 Å². The maximum absolute atomic E-state index is 2.51. The van der Waals surface area contributed by atoms with Crippen LogP contribution in [0.3, 0.4) is 0 Å². The summed E-state index contributed by atoms with van der Waals surface area (Å²) >= 11 is 0. The van der Waals surface area contributed by atoms with E-state index in [1.807, 2.05) is 0 Å². The van der Waals surface area contributed by atoms with E-state index in [9.17, 15) is 0 Å². The van der Waals surface area contributed by atoms with Crippen LogP contribution in [-0.2, 0) is 5.41 Å². The fraction of sp³-hybridized carbons (Fsp3) is 0.0411. The number of fused-ring (bicyclic) bond motifs is 10. The molecule has 1 unspecified atom stereocenters. The molecule has 1 spiro atoms. The van der Waals surface area contributed by atoms with Gasteiger partial charge >= 0.3 is 0 Å². The second kappa shape index (κ2) is 18.5. The van der Waals surface area contributed by atoms with Crippen LogP contribution in [0.4, 0.5) is 28.4 Å². The molecule has 0 saturated carbocycles. The Labute approximate surface area is 440 Å². The number of para-hydroxylation sites is 1. The van der Waals surface area contributed by atoms with Crippen LogP contribution in [0.5, 0.6) is 0 Å². The summed E-state index contributed by atoms with van der Waals surface area (Å²) in [5.74, 6) is 0.321. The SMILES string of the molecule is C1=CC(c2ccccc2)CC=C1N(c1ccc(-c2ccccc2)cc1)c1ccc2c(c1)C1(c3ccccc3-c3ccccc31)c1cc(N(c3ccccc3)c3ccc(-c4ccc(-c5ccccc5)cc4)cc3)ccc1-2. The molecule has 75 heavy (non-hydrogen) atoms. The van der Waals surface area contributed by atoms with Gasteiger partial charge in [0.15, 0.2) is 0 Å². The van der Waals surface area contributed by atoms with Crippen LogP contribution < -0.4 is 9.80 Å². The molecule has 354 valence electrons. The molecule has 1 atom stereocenters. The third kappa shape index (κ3) is 7.56. The third-order valence-electron chi connectivity index (χ3n) is 15.8. The van der Waals surface area contributed by atoms with Gasteiger partial charge in [0, 0.05) is 40.1 Å². The minimum Gasteiger partial charge on any atom is -0.311 e. The van der Waals surface area contributed by atoms with Crippen molar-refractivity contribution in [1.29, 1.82) is 0 Å². The average Bonchev–Trinajstić information content (AvgIpc) is 4.15. The van der Waals surface area contributed by atoms with E-state index in [4.69, 9.17) is 0 Å². The molecule has 0 radical (unpaired) electrons. The Morgan fingerprint density at radius 2 is 0.653 bits per heavy atom. The molecule has 0 amide bonds. The van der Waals surface area contributed by atoms with Gasteiger partial charge in [0.2, 0.25) is 0 Å². The highest BCUT2D eigenvalue weighted by Crippen LogP contribution is 2.64. The molecule has 0 heterocycles. The summed E-state index contributed by atoms with van der Waals surface area (Å²) in [5, 5.41) is 0. The zero-order valence-electron chi connectivity index (χ0n) is 41.5. The van der Waals surface area contributed by atoms with Crippen LogP contribution in [0.2, 0.25) is 0 Å². The van der Waals surface area contributed by atoms with Crippen LogP contribution in [-0.4, -0.2) is 0 Å². The van der Waals surface area contributed by atoms with E-state index >= 15 is 0 Å². The van der Waals surface area contributed by atoms with Crippen LogP contribution >= 0.6 is 0 Å². The number of benzene rings is 11. The Bertz CT molecular complexity index is 3890. The van der Waals surface area contributed by atoms with Gasteiger partial charge in [-0.15, -0.1) is 0 Å². The van der Waals surface area contributed by atoms with E-state index in [1.54, 1.807) is 0 Å². The van der Waals surface area contributed by atoms with E-state index < -0.39 is 5.41 Å². The lowest BCUT2D eigenvalue weighted by molar-refractivity contribution is 0.793. The maximum Gasteiger partial charge on any atom is 0.0727 e. The Balaban J connectivity index is 0.912. The topological polar surface area (TPSA) is 6.48 Å². The Morgan fingerprint density at radius 1 is 0.293 bits per heavy atom. The maximum atomic E-state index is 2.51. The van der Waals surface area contributed by atoms with Crippen molar-refractivity contribution >= 4 is 28.4 Å². The van der Waals surface area contributed by atoms with Crippen molar-refractivity contribution in [3.63, 3.8) is 0 Å². The molecule has 0 bridgehead atoms. The van der Waals surface area contributed by atoms with Gasteiger partial charge in [-0.25, -0.2) is 0 Å². The fourth-order valence-electron chi connectivity index (χ4n) is 12.3. The lowest BCUT2D eigenvalue weighted by atomic mass is 9.70. The number of anilines is 5. The first-order valence-electron chi connectivity index (χ1n) is 26.2. The lowest BCUT2D eigenvalue weighted by Gasteiger charge is -2.34. The first-order valence-corrected chi connectivity index (χ1v) is 26.2. The smallest absolute Gasteiger partial charge is 0.0727 e. The van der Waals surface area contributed by atoms with E-state index in [2.05, 4.69) is 307 Å². The molecule has 0 fully saturated rings. The Hall–Kier alpha value is -9.50. The Kier molecular flexibility index (Phi) is 10.9. The van der Waals surface area contributed by atoms with E-state index in [1.165, 1.54) is 89.1 Å². The number of hydrogen-bond donors (Lipinski definition) is 0. The monoisotopic (exact) mass is 956 g/mol. The van der Waals surface area contributed by atoms with Crippen LogP contribution in [0, 0.1) is 0 Å². The molecule has 0 saturated heterocycles. The molecule has 3 aliphatic rings. The largest absolute Gasteiger partial charge is 0.311 e. The van der Waals surface area contributed by atoms with E-state index in [-0.39, 0.29) is 0 Å². The molecule has 0 aromatic heterocycles. The van der Waals surface area contributed by atoms with E-state index in [0.29, 0.717) is 5.92 Å². The molecule has 0 N–H and O–H groups in total. The molecular formula is C73H52N2. The minimum atomic E-state index is -0.583. The highest BCUT2D eigenvalue weighted by molar-refractivity contribution is 5.97. The highest BCUT2D eigenvalue weighted by atomic mass is 15.2. The minimum absolute atomic E-state index is 0.321. The van der Waals surface area contributed by atoms with Gasteiger partial charge in [-0.3, -0.25) is 0 Å². The summed E-state index contributed by atoms with van der Waals surface area (Å²) in [6.07, 6.45) is 8.07. The quantitative estimate of drug-likeness (QED) is 0.135. The Morgan fingerprint density at radius 3 is 1.13 bits per heavy atom. The lowest BCUT2D eigenvalue weighted by Crippen LogP contribution is -2.27. The van der Waals surface area contributed by atoms with Crippen molar-refractivity contribution in [3.8, 4) is 55.6 Å². The summed E-state index contributed by atoms with van der Waals surface area (Å²) in [5.41, 5.74) is 25.0.